The maximum atomic E-state index is 12.7. The van der Waals surface area contributed by atoms with Crippen molar-refractivity contribution in [2.45, 2.75) is 25.7 Å². The maximum Gasteiger partial charge on any atom is 0.340 e. The molecule has 1 saturated carbocycles. The van der Waals surface area contributed by atoms with E-state index in [-0.39, 0.29) is 34.6 Å². The van der Waals surface area contributed by atoms with E-state index in [1.54, 1.807) is 0 Å². The molecule has 10 nitrogen and oxygen atoms in total. The molecule has 3 rings (SSSR count). The van der Waals surface area contributed by atoms with E-state index >= 15 is 0 Å². The van der Waals surface area contributed by atoms with Crippen LogP contribution in [0.1, 0.15) is 36.0 Å². The molecule has 1 aliphatic carbocycles. The molecule has 2 amide bonds. The van der Waals surface area contributed by atoms with Gasteiger partial charge in [0.2, 0.25) is 5.91 Å². The van der Waals surface area contributed by atoms with Crippen LogP contribution in [0.3, 0.4) is 0 Å². The van der Waals surface area contributed by atoms with Gasteiger partial charge in [-0.15, -0.1) is 0 Å². The third-order valence-electron chi connectivity index (χ3n) is 4.77. The molecule has 0 radical (unpaired) electrons. The fourth-order valence-corrected chi connectivity index (χ4v) is 3.24. The predicted molar refractivity (Wildman–Crippen MR) is 106 cm³/mol. The van der Waals surface area contributed by atoms with E-state index in [0.717, 1.165) is 25.7 Å². The second-order valence-electron chi connectivity index (χ2n) is 6.73. The van der Waals surface area contributed by atoms with Crippen LogP contribution in [0.2, 0.25) is 0 Å². The van der Waals surface area contributed by atoms with Gasteiger partial charge in [0.25, 0.3) is 5.91 Å². The molecule has 0 saturated heterocycles. The van der Waals surface area contributed by atoms with Crippen molar-refractivity contribution in [3.05, 3.63) is 30.0 Å². The molecule has 160 valence electrons. The molecule has 0 atom stereocenters. The lowest BCUT2D eigenvalue weighted by Gasteiger charge is -2.17. The molecule has 1 aliphatic rings. The Morgan fingerprint density at radius 3 is 2.43 bits per heavy atom. The summed E-state index contributed by atoms with van der Waals surface area (Å²) in [6, 6.07) is 4.35. The Bertz CT molecular complexity index is 905. The van der Waals surface area contributed by atoms with Gasteiger partial charge >= 0.3 is 5.97 Å². The first-order valence-corrected chi connectivity index (χ1v) is 9.46. The minimum absolute atomic E-state index is 0.0493. The van der Waals surface area contributed by atoms with Crippen LogP contribution in [0.4, 0.5) is 11.5 Å². The van der Waals surface area contributed by atoms with Crippen LogP contribution in [-0.2, 0) is 14.3 Å². The Kier molecular flexibility index (Phi) is 6.89. The third kappa shape index (κ3) is 5.07. The topological polar surface area (TPSA) is 129 Å². The van der Waals surface area contributed by atoms with E-state index in [2.05, 4.69) is 20.3 Å². The normalized spacial score (nSPS) is 13.5. The summed E-state index contributed by atoms with van der Waals surface area (Å²) in [5.41, 5.74) is 0.277. The van der Waals surface area contributed by atoms with Crippen molar-refractivity contribution in [1.29, 1.82) is 0 Å². The van der Waals surface area contributed by atoms with Crippen molar-refractivity contribution < 1.29 is 33.1 Å². The zero-order chi connectivity index (χ0) is 21.5. The van der Waals surface area contributed by atoms with Gasteiger partial charge in [-0.2, -0.15) is 0 Å². The highest BCUT2D eigenvalue weighted by Crippen LogP contribution is 2.35. The summed E-state index contributed by atoms with van der Waals surface area (Å²) in [7, 11) is 2.88. The van der Waals surface area contributed by atoms with Gasteiger partial charge in [-0.05, 0) is 12.8 Å². The van der Waals surface area contributed by atoms with Crippen LogP contribution >= 0.6 is 0 Å². The standard InChI is InChI=1S/C20H23N3O7/c1-27-15-9-13(20(26)29-11-18(24)22-17-7-8-30-23-17)14(10-16(15)28-2)21-19(25)12-5-3-4-6-12/h7-10,12H,3-6,11H2,1-2H3,(H,21,25)(H,22,23,24). The summed E-state index contributed by atoms with van der Waals surface area (Å²) >= 11 is 0. The van der Waals surface area contributed by atoms with Gasteiger partial charge in [0.15, 0.2) is 23.9 Å². The van der Waals surface area contributed by atoms with E-state index in [0.29, 0.717) is 5.75 Å². The molecule has 0 bridgehead atoms. The smallest absolute Gasteiger partial charge is 0.340 e. The van der Waals surface area contributed by atoms with Crippen LogP contribution in [0, 0.1) is 5.92 Å². The lowest BCUT2D eigenvalue weighted by Crippen LogP contribution is -2.24. The molecule has 2 N–H and O–H groups in total. The van der Waals surface area contributed by atoms with Gasteiger partial charge in [-0.25, -0.2) is 4.79 Å². The number of esters is 1. The minimum atomic E-state index is -0.798. The number of rotatable bonds is 8. The summed E-state index contributed by atoms with van der Waals surface area (Å²) in [6.45, 7) is -0.546. The number of hydrogen-bond acceptors (Lipinski definition) is 8. The zero-order valence-electron chi connectivity index (χ0n) is 16.7. The van der Waals surface area contributed by atoms with E-state index in [1.165, 1.54) is 38.7 Å². The van der Waals surface area contributed by atoms with Gasteiger partial charge < -0.3 is 29.4 Å². The molecule has 0 aliphatic heterocycles. The predicted octanol–water partition coefficient (Wildman–Crippen LogP) is 2.62. The maximum absolute atomic E-state index is 12.7. The van der Waals surface area contributed by atoms with Gasteiger partial charge in [0, 0.05) is 24.1 Å². The average molecular weight is 417 g/mol. The SMILES string of the molecule is COc1cc(NC(=O)C2CCCC2)c(C(=O)OCC(=O)Nc2ccon2)cc1OC. The lowest BCUT2D eigenvalue weighted by atomic mass is 10.1. The number of anilines is 2. The first-order chi connectivity index (χ1) is 14.5. The number of nitrogens with zero attached hydrogens (tertiary/aromatic N) is 1. The van der Waals surface area contributed by atoms with Crippen LogP contribution in [0.15, 0.2) is 29.0 Å². The van der Waals surface area contributed by atoms with Crippen LogP contribution < -0.4 is 20.1 Å². The van der Waals surface area contributed by atoms with Gasteiger partial charge in [0.05, 0.1) is 25.5 Å². The fourth-order valence-electron chi connectivity index (χ4n) is 3.24. The number of carbonyl (C=O) groups excluding carboxylic acids is 3. The zero-order valence-corrected chi connectivity index (χ0v) is 16.7. The van der Waals surface area contributed by atoms with Crippen molar-refractivity contribution in [3.63, 3.8) is 0 Å². The second-order valence-corrected chi connectivity index (χ2v) is 6.73. The molecule has 10 heteroatoms. The van der Waals surface area contributed by atoms with Crippen LogP contribution in [0.5, 0.6) is 11.5 Å². The summed E-state index contributed by atoms with van der Waals surface area (Å²) in [5.74, 6) is -0.823. The highest BCUT2D eigenvalue weighted by Gasteiger charge is 2.26. The van der Waals surface area contributed by atoms with Gasteiger partial charge in [-0.3, -0.25) is 9.59 Å². The quantitative estimate of drug-likeness (QED) is 0.627. The molecule has 0 unspecified atom stereocenters. The molecule has 1 heterocycles. The number of benzene rings is 1. The Hall–Kier alpha value is -3.56. The number of hydrogen-bond donors (Lipinski definition) is 2. The second kappa shape index (κ2) is 9.77. The summed E-state index contributed by atoms with van der Waals surface area (Å²) in [5, 5.41) is 8.75. The van der Waals surface area contributed by atoms with Crippen LogP contribution in [-0.4, -0.2) is 43.8 Å². The Labute approximate surface area is 172 Å². The highest BCUT2D eigenvalue weighted by molar-refractivity contribution is 6.03. The summed E-state index contributed by atoms with van der Waals surface area (Å²) < 4.78 is 20.2. The van der Waals surface area contributed by atoms with Crippen molar-refractivity contribution in [3.8, 4) is 11.5 Å². The van der Waals surface area contributed by atoms with E-state index < -0.39 is 18.5 Å². The Morgan fingerprint density at radius 1 is 1.10 bits per heavy atom. The minimum Gasteiger partial charge on any atom is -0.493 e. The number of aromatic nitrogens is 1. The number of methoxy groups -OCH3 is 2. The molecular formula is C20H23N3O7. The monoisotopic (exact) mass is 417 g/mol. The van der Waals surface area contributed by atoms with Crippen molar-refractivity contribution in [2.24, 2.45) is 5.92 Å². The highest BCUT2D eigenvalue weighted by atomic mass is 16.5. The van der Waals surface area contributed by atoms with E-state index in [1.807, 2.05) is 0 Å². The molecular weight excluding hydrogens is 394 g/mol. The first kappa shape index (κ1) is 21.2. The molecule has 2 aromatic rings. The molecule has 30 heavy (non-hydrogen) atoms. The summed E-state index contributed by atoms with van der Waals surface area (Å²) in [6.07, 6.45) is 4.91. The van der Waals surface area contributed by atoms with Gasteiger partial charge in [0.1, 0.15) is 6.26 Å². The first-order valence-electron chi connectivity index (χ1n) is 9.46. The molecule has 1 aromatic heterocycles. The number of carbonyl (C=O) groups is 3. The van der Waals surface area contributed by atoms with Crippen molar-refractivity contribution in [2.75, 3.05) is 31.5 Å². The molecule has 0 spiro atoms. The average Bonchev–Trinajstić information content (AvgIpc) is 3.46. The lowest BCUT2D eigenvalue weighted by molar-refractivity contribution is -0.120. The van der Waals surface area contributed by atoms with Crippen molar-refractivity contribution in [1.82, 2.24) is 5.16 Å². The molecule has 1 aromatic carbocycles. The number of amides is 2. The summed E-state index contributed by atoms with van der Waals surface area (Å²) in [4.78, 5) is 37.2. The Morgan fingerprint density at radius 2 is 1.80 bits per heavy atom. The fraction of sp³-hybridized carbons (Fsp3) is 0.400. The largest absolute Gasteiger partial charge is 0.493 e. The van der Waals surface area contributed by atoms with E-state index in [4.69, 9.17) is 14.2 Å². The van der Waals surface area contributed by atoms with Crippen LogP contribution in [0.25, 0.3) is 0 Å². The van der Waals surface area contributed by atoms with Crippen molar-refractivity contribution >= 4 is 29.3 Å². The Balaban J connectivity index is 1.75. The number of nitrogens with one attached hydrogen (secondary N) is 2. The number of ether oxygens (including phenoxy) is 3. The van der Waals surface area contributed by atoms with E-state index in [9.17, 15) is 14.4 Å². The third-order valence-corrected chi connectivity index (χ3v) is 4.77. The molecule has 1 fully saturated rings. The van der Waals surface area contributed by atoms with Gasteiger partial charge in [-0.1, -0.05) is 18.0 Å².